The molecule has 5 nitrogen and oxygen atoms in total. The standard InChI is InChI=1S/C9H18O.C8H6N4/c1-9(2,10)8-6-4-3-5-7-8;1-2-9-8-5(1)7-6(3-10-8)11-4-12-7/h8,10H,3-7H2,1-2H3;1-4H,(H,9,10)(H,11,12). The summed E-state index contributed by atoms with van der Waals surface area (Å²) < 4.78 is 0. The van der Waals surface area contributed by atoms with Gasteiger partial charge in [0.1, 0.15) is 11.2 Å². The molecule has 1 aliphatic rings. The van der Waals surface area contributed by atoms with Crippen LogP contribution < -0.4 is 0 Å². The van der Waals surface area contributed by atoms with E-state index in [0.29, 0.717) is 5.92 Å². The fraction of sp³-hybridized carbons (Fsp3) is 0.529. The molecule has 3 aromatic heterocycles. The smallest absolute Gasteiger partial charge is 0.139 e. The number of fused-ring (bicyclic) bond motifs is 3. The fourth-order valence-corrected chi connectivity index (χ4v) is 3.21. The van der Waals surface area contributed by atoms with Crippen LogP contribution in [-0.2, 0) is 0 Å². The summed E-state index contributed by atoms with van der Waals surface area (Å²) in [7, 11) is 0. The summed E-state index contributed by atoms with van der Waals surface area (Å²) in [4.78, 5) is 14.5. The topological polar surface area (TPSA) is 77.6 Å². The van der Waals surface area contributed by atoms with Crippen molar-refractivity contribution in [3.63, 3.8) is 0 Å². The van der Waals surface area contributed by atoms with E-state index in [0.717, 1.165) is 22.1 Å². The molecule has 0 atom stereocenters. The Labute approximate surface area is 130 Å². The van der Waals surface area contributed by atoms with Crippen LogP contribution in [0.4, 0.5) is 0 Å². The summed E-state index contributed by atoms with van der Waals surface area (Å²) in [6.45, 7) is 3.87. The van der Waals surface area contributed by atoms with Gasteiger partial charge >= 0.3 is 0 Å². The van der Waals surface area contributed by atoms with Crippen LogP contribution in [0.25, 0.3) is 22.1 Å². The number of nitrogens with one attached hydrogen (secondary N) is 2. The summed E-state index contributed by atoms with van der Waals surface area (Å²) in [6.07, 6.45) is 11.8. The molecule has 0 saturated heterocycles. The zero-order valence-corrected chi connectivity index (χ0v) is 13.3. The van der Waals surface area contributed by atoms with Crippen LogP contribution in [0.1, 0.15) is 46.0 Å². The largest absolute Gasteiger partial charge is 0.390 e. The SMILES string of the molecule is CC(C)(O)C1CCCCC1.c1nc2c(cnc3[nH]ccc32)[nH]1. The molecule has 0 aliphatic heterocycles. The molecule has 1 aliphatic carbocycles. The van der Waals surface area contributed by atoms with Crippen molar-refractivity contribution < 1.29 is 5.11 Å². The first kappa shape index (κ1) is 15.0. The third-order valence-electron chi connectivity index (χ3n) is 4.58. The van der Waals surface area contributed by atoms with Gasteiger partial charge in [0.15, 0.2) is 0 Å². The molecule has 1 saturated carbocycles. The Morgan fingerprint density at radius 3 is 2.59 bits per heavy atom. The van der Waals surface area contributed by atoms with Crippen molar-refractivity contribution in [3.8, 4) is 0 Å². The molecule has 5 heteroatoms. The summed E-state index contributed by atoms with van der Waals surface area (Å²) in [5.74, 6) is 0.557. The Bertz CT molecular complexity index is 682. The first-order chi connectivity index (χ1) is 10.6. The maximum atomic E-state index is 9.64. The van der Waals surface area contributed by atoms with E-state index in [1.54, 1.807) is 12.5 Å². The highest BCUT2D eigenvalue weighted by atomic mass is 16.3. The van der Waals surface area contributed by atoms with Crippen LogP contribution in [0.3, 0.4) is 0 Å². The Kier molecular flexibility index (Phi) is 4.16. The zero-order chi connectivity index (χ0) is 15.6. The third kappa shape index (κ3) is 3.14. The normalized spacial score (nSPS) is 16.7. The minimum absolute atomic E-state index is 0.430. The Balaban J connectivity index is 0.000000134. The maximum Gasteiger partial charge on any atom is 0.139 e. The van der Waals surface area contributed by atoms with Gasteiger partial charge in [0, 0.05) is 11.6 Å². The molecule has 22 heavy (non-hydrogen) atoms. The molecule has 3 aromatic rings. The van der Waals surface area contributed by atoms with Gasteiger partial charge in [-0.25, -0.2) is 9.97 Å². The molecule has 0 spiro atoms. The van der Waals surface area contributed by atoms with E-state index in [9.17, 15) is 5.11 Å². The van der Waals surface area contributed by atoms with Gasteiger partial charge in [0.05, 0.1) is 23.6 Å². The molecule has 0 bridgehead atoms. The number of hydrogen-bond acceptors (Lipinski definition) is 3. The second kappa shape index (κ2) is 6.08. The molecule has 3 N–H and O–H groups in total. The van der Waals surface area contributed by atoms with E-state index < -0.39 is 5.60 Å². The molecule has 4 rings (SSSR count). The molecule has 3 heterocycles. The minimum atomic E-state index is -0.430. The molecule has 0 unspecified atom stereocenters. The van der Waals surface area contributed by atoms with Gasteiger partial charge in [0.2, 0.25) is 0 Å². The summed E-state index contributed by atoms with van der Waals surface area (Å²) in [5, 5.41) is 10.7. The monoisotopic (exact) mass is 300 g/mol. The number of hydrogen-bond donors (Lipinski definition) is 3. The fourth-order valence-electron chi connectivity index (χ4n) is 3.21. The molecule has 0 aromatic carbocycles. The molecule has 118 valence electrons. The lowest BCUT2D eigenvalue weighted by atomic mass is 9.79. The maximum absolute atomic E-state index is 9.64. The van der Waals surface area contributed by atoms with Crippen molar-refractivity contribution in [3.05, 3.63) is 24.8 Å². The number of H-pyrrole nitrogens is 2. The quantitative estimate of drug-likeness (QED) is 0.640. The summed E-state index contributed by atoms with van der Waals surface area (Å²) in [6, 6.07) is 1.98. The third-order valence-corrected chi connectivity index (χ3v) is 4.58. The number of nitrogens with zero attached hydrogens (tertiary/aromatic N) is 2. The van der Waals surface area contributed by atoms with Gasteiger partial charge < -0.3 is 15.1 Å². The summed E-state index contributed by atoms with van der Waals surface area (Å²) >= 11 is 0. The van der Waals surface area contributed by atoms with Crippen LogP contribution in [0.2, 0.25) is 0 Å². The average molecular weight is 300 g/mol. The average Bonchev–Trinajstić information content (AvgIpc) is 3.16. The van der Waals surface area contributed by atoms with Gasteiger partial charge in [-0.2, -0.15) is 0 Å². The van der Waals surface area contributed by atoms with Crippen LogP contribution in [-0.4, -0.2) is 30.6 Å². The zero-order valence-electron chi connectivity index (χ0n) is 13.3. The lowest BCUT2D eigenvalue weighted by Gasteiger charge is -2.32. The highest BCUT2D eigenvalue weighted by Gasteiger charge is 2.27. The van der Waals surface area contributed by atoms with Gasteiger partial charge in [-0.3, -0.25) is 0 Å². The number of imidazole rings is 1. The second-order valence-corrected chi connectivity index (χ2v) is 6.65. The highest BCUT2D eigenvalue weighted by molar-refractivity contribution is 6.00. The Morgan fingerprint density at radius 2 is 1.91 bits per heavy atom. The van der Waals surface area contributed by atoms with Crippen LogP contribution in [0.15, 0.2) is 24.8 Å². The van der Waals surface area contributed by atoms with E-state index in [4.69, 9.17) is 0 Å². The number of aliphatic hydroxyl groups is 1. The van der Waals surface area contributed by atoms with E-state index in [1.807, 2.05) is 26.1 Å². The Morgan fingerprint density at radius 1 is 1.14 bits per heavy atom. The van der Waals surface area contributed by atoms with Gasteiger partial charge in [-0.15, -0.1) is 0 Å². The first-order valence-electron chi connectivity index (χ1n) is 8.03. The van der Waals surface area contributed by atoms with Gasteiger partial charge in [0.25, 0.3) is 0 Å². The molecule has 0 radical (unpaired) electrons. The van der Waals surface area contributed by atoms with Gasteiger partial charge in [-0.05, 0) is 38.7 Å². The predicted molar refractivity (Wildman–Crippen MR) is 88.6 cm³/mol. The minimum Gasteiger partial charge on any atom is -0.390 e. The Hall–Kier alpha value is -1.88. The van der Waals surface area contributed by atoms with Crippen molar-refractivity contribution in [2.24, 2.45) is 5.92 Å². The summed E-state index contributed by atoms with van der Waals surface area (Å²) in [5.41, 5.74) is 2.40. The molecular weight excluding hydrogens is 276 g/mol. The molecule has 0 amide bonds. The van der Waals surface area contributed by atoms with Crippen molar-refractivity contribution in [2.75, 3.05) is 0 Å². The first-order valence-corrected chi connectivity index (χ1v) is 8.03. The lowest BCUT2D eigenvalue weighted by molar-refractivity contribution is 0.000835. The van der Waals surface area contributed by atoms with E-state index in [-0.39, 0.29) is 0 Å². The number of rotatable bonds is 1. The highest BCUT2D eigenvalue weighted by Crippen LogP contribution is 2.31. The van der Waals surface area contributed by atoms with Crippen molar-refractivity contribution in [1.82, 2.24) is 19.9 Å². The number of pyridine rings is 1. The van der Waals surface area contributed by atoms with E-state index in [2.05, 4.69) is 19.9 Å². The molecule has 1 fully saturated rings. The number of aromatic amines is 2. The van der Waals surface area contributed by atoms with Crippen LogP contribution in [0.5, 0.6) is 0 Å². The predicted octanol–water partition coefficient (Wildman–Crippen LogP) is 3.78. The van der Waals surface area contributed by atoms with Gasteiger partial charge in [-0.1, -0.05) is 19.3 Å². The van der Waals surface area contributed by atoms with Crippen molar-refractivity contribution in [1.29, 1.82) is 0 Å². The van der Waals surface area contributed by atoms with Crippen LogP contribution >= 0.6 is 0 Å². The number of aromatic nitrogens is 4. The molecular formula is C17H24N4O. The van der Waals surface area contributed by atoms with E-state index in [1.165, 1.54) is 32.1 Å². The van der Waals surface area contributed by atoms with E-state index >= 15 is 0 Å². The van der Waals surface area contributed by atoms with Crippen LogP contribution in [0, 0.1) is 5.92 Å². The second-order valence-electron chi connectivity index (χ2n) is 6.65. The van der Waals surface area contributed by atoms with Crippen molar-refractivity contribution in [2.45, 2.75) is 51.6 Å². The van der Waals surface area contributed by atoms with Crippen molar-refractivity contribution >= 4 is 22.1 Å². The lowest BCUT2D eigenvalue weighted by Crippen LogP contribution is -2.32.